The summed E-state index contributed by atoms with van der Waals surface area (Å²) in [5, 5.41) is 0. The third-order valence-electron chi connectivity index (χ3n) is 0. The predicted octanol–water partition coefficient (Wildman–Crippen LogP) is -0.203. The van der Waals surface area contributed by atoms with Crippen molar-refractivity contribution >= 4 is 11.0 Å². The first kappa shape index (κ1) is 8.95. The minimum Gasteiger partial charge on any atom is -0.312 e. The third kappa shape index (κ3) is 633. The Morgan fingerprint density at radius 2 is 1.00 bits per heavy atom. The molecule has 0 spiro atoms. The molecule has 0 saturated carbocycles. The number of rotatable bonds is 0. The van der Waals surface area contributed by atoms with Crippen molar-refractivity contribution in [2.45, 2.75) is 0 Å². The molecule has 0 aliphatic rings. The summed E-state index contributed by atoms with van der Waals surface area (Å²) in [4.78, 5) is 2.00. The van der Waals surface area contributed by atoms with E-state index in [1.54, 1.807) is 0 Å². The van der Waals surface area contributed by atoms with Gasteiger partial charge in [-0.2, -0.15) is 0 Å². The monoisotopic (exact) mass is 87.0 g/mol. The van der Waals surface area contributed by atoms with Gasteiger partial charge in [0.15, 0.2) is 0 Å². The van der Waals surface area contributed by atoms with Crippen LogP contribution in [0.15, 0.2) is 0 Å². The quantitative estimate of drug-likeness (QED) is 0.370. The van der Waals surface area contributed by atoms with Gasteiger partial charge in [0.05, 0.1) is 0 Å². The average Bonchev–Trinajstić information content (AvgIpc) is 0.811. The van der Waals surface area contributed by atoms with Crippen LogP contribution < -0.4 is 0 Å². The molecule has 0 rings (SSSR count). The van der Waals surface area contributed by atoms with Gasteiger partial charge in [-0.1, -0.05) is 0 Å². The summed E-state index contributed by atoms with van der Waals surface area (Å²) in [7, 11) is 6.00. The van der Waals surface area contributed by atoms with E-state index in [-0.39, 0.29) is 11.0 Å². The second-order valence-corrected chi connectivity index (χ2v) is 1.34. The zero-order valence-electron chi connectivity index (χ0n) is 3.95. The molecule has 26 valence electrons. The molecule has 0 aromatic carbocycles. The van der Waals surface area contributed by atoms with E-state index in [0.29, 0.717) is 0 Å². The Bertz CT molecular complexity index is 11.6. The van der Waals surface area contributed by atoms with Gasteiger partial charge in [0.2, 0.25) is 0 Å². The molecule has 1 nitrogen and oxygen atoms in total. The molecule has 0 aliphatic carbocycles. The zero-order valence-corrected chi connectivity index (χ0v) is 4.95. The van der Waals surface area contributed by atoms with E-state index >= 15 is 0 Å². The van der Waals surface area contributed by atoms with Gasteiger partial charge in [0, 0.05) is 0 Å². The number of hydrogen-bond acceptors (Lipinski definition) is 1. The van der Waals surface area contributed by atoms with E-state index in [4.69, 9.17) is 0 Å². The fourth-order valence-corrected chi connectivity index (χ4v) is 0. The van der Waals surface area contributed by atoms with Crippen LogP contribution in [0, 0.1) is 0 Å². The van der Waals surface area contributed by atoms with Gasteiger partial charge in [-0.25, -0.2) is 0 Å². The van der Waals surface area contributed by atoms with E-state index in [2.05, 4.69) is 0 Å². The summed E-state index contributed by atoms with van der Waals surface area (Å²) in [6.07, 6.45) is 0. The maximum absolute atomic E-state index is 2.00. The van der Waals surface area contributed by atoms with Crippen LogP contribution in [0.4, 0.5) is 0 Å². The Kier molecular flexibility index (Phi) is 7.48. The minimum atomic E-state index is 0. The second-order valence-electron chi connectivity index (χ2n) is 1.34. The Hall–Kier alpha value is 0.177. The van der Waals surface area contributed by atoms with Gasteiger partial charge in [0.1, 0.15) is 0 Å². The Labute approximate surface area is 38.0 Å². The fourth-order valence-electron chi connectivity index (χ4n) is 0. The molecule has 0 aliphatic heterocycles. The van der Waals surface area contributed by atoms with Crippen molar-refractivity contribution in [3.05, 3.63) is 0 Å². The standard InChI is InChI=1S/C3H9N.Si/c1-4(2)3;/h1-3H3;/q;+4. The third-order valence-corrected chi connectivity index (χ3v) is 0. The molecular weight excluding hydrogens is 78.1 g/mol. The number of hydrogen-bond donors (Lipinski definition) is 0. The van der Waals surface area contributed by atoms with E-state index in [0.717, 1.165) is 0 Å². The van der Waals surface area contributed by atoms with Crippen LogP contribution in [0.3, 0.4) is 0 Å². The van der Waals surface area contributed by atoms with E-state index in [1.807, 2.05) is 26.0 Å². The summed E-state index contributed by atoms with van der Waals surface area (Å²) in [5.41, 5.74) is 0. The molecule has 0 radical (unpaired) electrons. The van der Waals surface area contributed by atoms with E-state index in [1.165, 1.54) is 0 Å². The van der Waals surface area contributed by atoms with Crippen LogP contribution in [0.25, 0.3) is 0 Å². The van der Waals surface area contributed by atoms with Gasteiger partial charge in [-0.3, -0.25) is 0 Å². The average molecular weight is 87.2 g/mol. The SMILES string of the molecule is CN(C)C.[Si+4]. The molecule has 0 heterocycles. The first-order chi connectivity index (χ1) is 1.73. The van der Waals surface area contributed by atoms with Crippen molar-refractivity contribution < 1.29 is 0 Å². The molecule has 0 aromatic rings. The van der Waals surface area contributed by atoms with Crippen molar-refractivity contribution in [3.8, 4) is 0 Å². The Morgan fingerprint density at radius 3 is 1.00 bits per heavy atom. The second kappa shape index (κ2) is 4.18. The van der Waals surface area contributed by atoms with Gasteiger partial charge in [0.25, 0.3) is 0 Å². The van der Waals surface area contributed by atoms with Gasteiger partial charge >= 0.3 is 11.0 Å². The van der Waals surface area contributed by atoms with Crippen LogP contribution in [-0.2, 0) is 0 Å². The molecule has 0 bridgehead atoms. The number of nitrogens with zero attached hydrogens (tertiary/aromatic N) is 1. The fraction of sp³-hybridized carbons (Fsp3) is 1.00. The summed E-state index contributed by atoms with van der Waals surface area (Å²) >= 11 is 0. The van der Waals surface area contributed by atoms with Crippen molar-refractivity contribution in [2.75, 3.05) is 21.1 Å². The molecule has 2 heteroatoms. The normalized spacial score (nSPS) is 7.20. The molecule has 0 N–H and O–H groups in total. The van der Waals surface area contributed by atoms with Gasteiger partial charge < -0.3 is 4.90 Å². The first-order valence-electron chi connectivity index (χ1n) is 1.34. The molecule has 0 fully saturated rings. The molecule has 0 aromatic heterocycles. The van der Waals surface area contributed by atoms with Crippen molar-refractivity contribution in [2.24, 2.45) is 0 Å². The van der Waals surface area contributed by atoms with Crippen LogP contribution >= 0.6 is 0 Å². The van der Waals surface area contributed by atoms with Crippen molar-refractivity contribution in [1.29, 1.82) is 0 Å². The van der Waals surface area contributed by atoms with Crippen LogP contribution in [0.1, 0.15) is 0 Å². The summed E-state index contributed by atoms with van der Waals surface area (Å²) < 4.78 is 0. The van der Waals surface area contributed by atoms with Gasteiger partial charge in [-0.15, -0.1) is 0 Å². The maximum Gasteiger partial charge on any atom is 4.00 e. The van der Waals surface area contributed by atoms with Crippen LogP contribution in [0.2, 0.25) is 0 Å². The van der Waals surface area contributed by atoms with E-state index < -0.39 is 0 Å². The maximum atomic E-state index is 2.00. The first-order valence-corrected chi connectivity index (χ1v) is 1.34. The molecule has 0 unspecified atom stereocenters. The van der Waals surface area contributed by atoms with Crippen molar-refractivity contribution in [3.63, 3.8) is 0 Å². The minimum absolute atomic E-state index is 0. The summed E-state index contributed by atoms with van der Waals surface area (Å²) in [6.45, 7) is 0. The van der Waals surface area contributed by atoms with Crippen LogP contribution in [0.5, 0.6) is 0 Å². The summed E-state index contributed by atoms with van der Waals surface area (Å²) in [6, 6.07) is 0. The smallest absolute Gasteiger partial charge is 0.312 e. The predicted molar refractivity (Wildman–Crippen MR) is 25.4 cm³/mol. The topological polar surface area (TPSA) is 3.24 Å². The molecule has 5 heavy (non-hydrogen) atoms. The van der Waals surface area contributed by atoms with Crippen molar-refractivity contribution in [1.82, 2.24) is 4.90 Å². The Balaban J connectivity index is 0. The molecular formula is C3H9NSi+4. The molecule has 0 amide bonds. The van der Waals surface area contributed by atoms with Gasteiger partial charge in [-0.05, 0) is 21.1 Å². The zero-order chi connectivity index (χ0) is 3.58. The Morgan fingerprint density at radius 1 is 1.00 bits per heavy atom. The molecule has 0 atom stereocenters. The van der Waals surface area contributed by atoms with E-state index in [9.17, 15) is 0 Å². The molecule has 0 saturated heterocycles. The summed E-state index contributed by atoms with van der Waals surface area (Å²) in [5.74, 6) is 0. The largest absolute Gasteiger partial charge is 4.00 e. The van der Waals surface area contributed by atoms with Crippen LogP contribution in [-0.4, -0.2) is 37.0 Å².